The van der Waals surface area contributed by atoms with Crippen LogP contribution in [0.5, 0.6) is 0 Å². The maximum Gasteiger partial charge on any atom is 0.235 e. The Balaban J connectivity index is 2.68. The number of carbonyl (C=O) groups excluding carboxylic acids is 1. The number of nitrogens with two attached hydrogens (primary N) is 1. The monoisotopic (exact) mass is 208 g/mol. The average Bonchev–Trinajstić information content (AvgIpc) is 1.79. The topological polar surface area (TPSA) is 101 Å². The Morgan fingerprint density at radius 2 is 2.23 bits per heavy atom. The maximum absolute atomic E-state index is 11.3. The third kappa shape index (κ3) is 1.98. The summed E-state index contributed by atoms with van der Waals surface area (Å²) in [7, 11) is -3.49. The van der Waals surface area contributed by atoms with Gasteiger partial charge in [0.15, 0.2) is 0 Å². The summed E-state index contributed by atoms with van der Waals surface area (Å²) in [5, 5.41) is 8.47. The highest BCUT2D eigenvalue weighted by Crippen LogP contribution is 2.21. The highest BCUT2D eigenvalue weighted by molar-refractivity contribution is 7.89. The molecule has 0 bridgehead atoms. The van der Waals surface area contributed by atoms with Crippen molar-refractivity contribution in [2.75, 3.05) is 18.9 Å². The van der Waals surface area contributed by atoms with Gasteiger partial charge in [-0.1, -0.05) is 0 Å². The van der Waals surface area contributed by atoms with Gasteiger partial charge in [0.25, 0.3) is 0 Å². The van der Waals surface area contributed by atoms with E-state index in [9.17, 15) is 13.2 Å². The van der Waals surface area contributed by atoms with Crippen molar-refractivity contribution in [3.05, 3.63) is 0 Å². The number of hydrogen-bond donors (Lipinski definition) is 2. The van der Waals surface area contributed by atoms with Gasteiger partial charge in [-0.2, -0.15) is 4.31 Å². The fraction of sp³-hybridized carbons (Fsp3) is 0.833. The molecule has 0 aliphatic carbocycles. The summed E-state index contributed by atoms with van der Waals surface area (Å²) in [6, 6.07) is -0.712. The molecule has 0 aromatic carbocycles. The lowest BCUT2D eigenvalue weighted by Crippen LogP contribution is -2.57. The molecule has 1 saturated heterocycles. The van der Waals surface area contributed by atoms with E-state index in [1.54, 1.807) is 0 Å². The zero-order chi connectivity index (χ0) is 10.1. The Kier molecular flexibility index (Phi) is 2.89. The second-order valence-electron chi connectivity index (χ2n) is 2.86. The lowest BCUT2D eigenvalue weighted by Gasteiger charge is -2.37. The van der Waals surface area contributed by atoms with Gasteiger partial charge in [0, 0.05) is 6.54 Å². The highest BCUT2D eigenvalue weighted by atomic mass is 32.2. The predicted octanol–water partition coefficient (Wildman–Crippen LogP) is -2.13. The van der Waals surface area contributed by atoms with Crippen LogP contribution in [0.1, 0.15) is 6.42 Å². The molecule has 13 heavy (non-hydrogen) atoms. The van der Waals surface area contributed by atoms with Crippen LogP contribution in [0, 0.1) is 0 Å². The van der Waals surface area contributed by atoms with Crippen LogP contribution < -0.4 is 5.73 Å². The molecule has 0 radical (unpaired) electrons. The first-order chi connectivity index (χ1) is 5.99. The molecule has 7 heteroatoms. The Bertz CT molecular complexity index is 300. The van der Waals surface area contributed by atoms with Crippen molar-refractivity contribution in [2.45, 2.75) is 12.5 Å². The first-order valence-corrected chi connectivity index (χ1v) is 5.49. The molecule has 0 aromatic heterocycles. The molecule has 76 valence electrons. The molecular weight excluding hydrogens is 196 g/mol. The van der Waals surface area contributed by atoms with E-state index in [1.807, 2.05) is 0 Å². The smallest absolute Gasteiger partial charge is 0.235 e. The van der Waals surface area contributed by atoms with Gasteiger partial charge in [0.1, 0.15) is 6.04 Å². The van der Waals surface area contributed by atoms with Gasteiger partial charge in [0.2, 0.25) is 15.9 Å². The Labute approximate surface area is 76.4 Å². The number of primary amides is 1. The van der Waals surface area contributed by atoms with Crippen LogP contribution in [0.4, 0.5) is 0 Å². The van der Waals surface area contributed by atoms with Crippen LogP contribution >= 0.6 is 0 Å². The Hall–Kier alpha value is -0.660. The summed E-state index contributed by atoms with van der Waals surface area (Å²) in [5.74, 6) is -0.982. The molecule has 1 rings (SSSR count). The molecule has 0 aromatic rings. The number of hydrogen-bond acceptors (Lipinski definition) is 4. The van der Waals surface area contributed by atoms with Gasteiger partial charge < -0.3 is 10.8 Å². The second-order valence-corrected chi connectivity index (χ2v) is 4.90. The van der Waals surface area contributed by atoms with Gasteiger partial charge in [-0.25, -0.2) is 8.42 Å². The summed E-state index contributed by atoms with van der Waals surface area (Å²) in [5.41, 5.74) is 4.97. The lowest BCUT2D eigenvalue weighted by molar-refractivity contribution is -0.124. The number of rotatable bonds is 4. The molecule has 1 heterocycles. The third-order valence-electron chi connectivity index (χ3n) is 2.01. The summed E-state index contributed by atoms with van der Waals surface area (Å²) >= 11 is 0. The summed E-state index contributed by atoms with van der Waals surface area (Å²) in [6.45, 7) is -0.125. The van der Waals surface area contributed by atoms with Crippen molar-refractivity contribution in [1.82, 2.24) is 4.31 Å². The zero-order valence-electron chi connectivity index (χ0n) is 7.01. The van der Waals surface area contributed by atoms with E-state index in [-0.39, 0.29) is 5.75 Å². The molecule has 1 atom stereocenters. The Morgan fingerprint density at radius 1 is 1.62 bits per heavy atom. The molecule has 6 nitrogen and oxygen atoms in total. The molecule has 0 spiro atoms. The minimum Gasteiger partial charge on any atom is -0.395 e. The molecular formula is C6H12N2O4S. The van der Waals surface area contributed by atoms with Crippen LogP contribution in [-0.4, -0.2) is 48.7 Å². The second kappa shape index (κ2) is 3.60. The maximum atomic E-state index is 11.3. The lowest BCUT2D eigenvalue weighted by atomic mass is 10.1. The van der Waals surface area contributed by atoms with Crippen LogP contribution in [0.2, 0.25) is 0 Å². The number of aliphatic hydroxyl groups excluding tert-OH is 1. The molecule has 1 unspecified atom stereocenters. The van der Waals surface area contributed by atoms with Gasteiger partial charge in [-0.3, -0.25) is 4.79 Å². The van der Waals surface area contributed by atoms with Crippen molar-refractivity contribution < 1.29 is 18.3 Å². The number of carbonyl (C=O) groups is 1. The number of aliphatic hydroxyl groups is 1. The van der Waals surface area contributed by atoms with Crippen molar-refractivity contribution in [3.63, 3.8) is 0 Å². The van der Waals surface area contributed by atoms with E-state index >= 15 is 0 Å². The number of sulfonamides is 1. The minimum absolute atomic E-state index is 0.315. The number of nitrogens with zero attached hydrogens (tertiary/aromatic N) is 1. The zero-order valence-corrected chi connectivity index (χ0v) is 7.83. The van der Waals surface area contributed by atoms with E-state index < -0.39 is 28.6 Å². The standard InChI is InChI=1S/C6H12N2O4S/c7-6(10)5-1-2-8(5)13(11,12)4-3-9/h5,9H,1-4H2,(H2,7,10). The number of amides is 1. The summed E-state index contributed by atoms with van der Waals surface area (Å²) in [6.07, 6.45) is 0.472. The largest absolute Gasteiger partial charge is 0.395 e. The predicted molar refractivity (Wildman–Crippen MR) is 45.2 cm³/mol. The molecule has 1 amide bonds. The van der Waals surface area contributed by atoms with Crippen molar-refractivity contribution >= 4 is 15.9 Å². The van der Waals surface area contributed by atoms with Gasteiger partial charge >= 0.3 is 0 Å². The molecule has 1 aliphatic heterocycles. The highest BCUT2D eigenvalue weighted by Gasteiger charge is 2.40. The molecule has 1 fully saturated rings. The summed E-state index contributed by atoms with van der Waals surface area (Å²) in [4.78, 5) is 10.7. The van der Waals surface area contributed by atoms with E-state index in [0.29, 0.717) is 13.0 Å². The first-order valence-electron chi connectivity index (χ1n) is 3.88. The van der Waals surface area contributed by atoms with Gasteiger partial charge in [-0.15, -0.1) is 0 Å². The molecule has 0 saturated carbocycles. The fourth-order valence-electron chi connectivity index (χ4n) is 1.21. The van der Waals surface area contributed by atoms with Crippen molar-refractivity contribution in [1.29, 1.82) is 0 Å². The normalized spacial score (nSPS) is 23.9. The average molecular weight is 208 g/mol. The van der Waals surface area contributed by atoms with Crippen molar-refractivity contribution in [2.24, 2.45) is 5.73 Å². The molecule has 1 aliphatic rings. The third-order valence-corrected chi connectivity index (χ3v) is 3.86. The van der Waals surface area contributed by atoms with E-state index in [2.05, 4.69) is 0 Å². The van der Waals surface area contributed by atoms with Crippen LogP contribution in [0.3, 0.4) is 0 Å². The van der Waals surface area contributed by atoms with Crippen LogP contribution in [0.15, 0.2) is 0 Å². The first kappa shape index (κ1) is 10.4. The van der Waals surface area contributed by atoms with Gasteiger partial charge in [0.05, 0.1) is 12.4 Å². The van der Waals surface area contributed by atoms with Crippen molar-refractivity contribution in [3.8, 4) is 0 Å². The quantitative estimate of drug-likeness (QED) is 0.551. The van der Waals surface area contributed by atoms with E-state index in [0.717, 1.165) is 4.31 Å². The summed E-state index contributed by atoms with van der Waals surface area (Å²) < 4.78 is 23.6. The van der Waals surface area contributed by atoms with E-state index in [4.69, 9.17) is 10.8 Å². The minimum atomic E-state index is -3.49. The van der Waals surface area contributed by atoms with Crippen LogP contribution in [0.25, 0.3) is 0 Å². The Morgan fingerprint density at radius 3 is 2.54 bits per heavy atom. The van der Waals surface area contributed by atoms with Crippen LogP contribution in [-0.2, 0) is 14.8 Å². The molecule has 3 N–H and O–H groups in total. The fourth-order valence-corrected chi connectivity index (χ4v) is 2.66. The van der Waals surface area contributed by atoms with Gasteiger partial charge in [-0.05, 0) is 6.42 Å². The SMILES string of the molecule is NC(=O)C1CCN1S(=O)(=O)CCO. The van der Waals surface area contributed by atoms with E-state index in [1.165, 1.54) is 0 Å².